The van der Waals surface area contributed by atoms with E-state index in [1.807, 2.05) is 13.8 Å². The van der Waals surface area contributed by atoms with Crippen molar-refractivity contribution >= 4 is 17.7 Å². The number of ketones is 1. The number of Topliss-reactive ketones (excluding diaryl/α,β-unsaturated/α-hetero) is 1. The van der Waals surface area contributed by atoms with Crippen LogP contribution < -0.4 is 21.7 Å². The molecule has 0 heterocycles. The number of aliphatic hydroxyl groups is 1. The Kier molecular flexibility index (Phi) is 10.2. The Labute approximate surface area is 137 Å². The molecule has 0 aliphatic rings. The number of primary amides is 1. The topological polar surface area (TPSA) is 134 Å². The minimum absolute atomic E-state index is 0.0143. The number of carbonyl (C=O) groups is 3. The van der Waals surface area contributed by atoms with Crippen molar-refractivity contribution in [3.8, 4) is 0 Å². The lowest BCUT2D eigenvalue weighted by Crippen LogP contribution is -2.55. The number of aliphatic hydroxyl groups excluding tert-OH is 1. The SMILES string of the molecule is CCC(=O)[C@H](CCCNC(N)=O)NC(=O)[C@@H](NC(C)C)C(C)O. The predicted octanol–water partition coefficient (Wildman–Crippen LogP) is -0.354. The Balaban J connectivity index is 4.69. The first kappa shape index (κ1) is 21.3. The maximum Gasteiger partial charge on any atom is 0.312 e. The van der Waals surface area contributed by atoms with E-state index >= 15 is 0 Å². The summed E-state index contributed by atoms with van der Waals surface area (Å²) in [6, 6.07) is -2.04. The van der Waals surface area contributed by atoms with Gasteiger partial charge in [-0.3, -0.25) is 9.59 Å². The van der Waals surface area contributed by atoms with Gasteiger partial charge in [0.2, 0.25) is 5.91 Å². The number of rotatable bonds is 11. The van der Waals surface area contributed by atoms with Gasteiger partial charge in [0.05, 0.1) is 12.1 Å². The van der Waals surface area contributed by atoms with Crippen molar-refractivity contribution in [2.45, 2.75) is 71.2 Å². The number of carbonyl (C=O) groups excluding carboxylic acids is 3. The van der Waals surface area contributed by atoms with Gasteiger partial charge in [0.15, 0.2) is 5.78 Å². The number of amides is 3. The van der Waals surface area contributed by atoms with E-state index in [4.69, 9.17) is 5.73 Å². The van der Waals surface area contributed by atoms with Gasteiger partial charge < -0.3 is 26.8 Å². The molecule has 0 saturated heterocycles. The third-order valence-corrected chi connectivity index (χ3v) is 3.30. The first-order chi connectivity index (χ1) is 10.7. The molecule has 0 aliphatic carbocycles. The monoisotopic (exact) mass is 330 g/mol. The quantitative estimate of drug-likeness (QED) is 0.330. The molecule has 3 amide bonds. The van der Waals surface area contributed by atoms with Crippen LogP contribution in [0.1, 0.15) is 47.0 Å². The molecule has 0 aromatic carbocycles. The fourth-order valence-electron chi connectivity index (χ4n) is 2.13. The molecule has 0 saturated carbocycles. The first-order valence-corrected chi connectivity index (χ1v) is 7.99. The highest BCUT2D eigenvalue weighted by Gasteiger charge is 2.27. The van der Waals surface area contributed by atoms with Crippen LogP contribution in [0.25, 0.3) is 0 Å². The molecular weight excluding hydrogens is 300 g/mol. The molecule has 23 heavy (non-hydrogen) atoms. The Hall–Kier alpha value is -1.67. The summed E-state index contributed by atoms with van der Waals surface area (Å²) in [5, 5.41) is 17.9. The largest absolute Gasteiger partial charge is 0.391 e. The molecule has 0 aromatic heterocycles. The smallest absolute Gasteiger partial charge is 0.312 e. The number of nitrogens with one attached hydrogen (secondary N) is 3. The van der Waals surface area contributed by atoms with Gasteiger partial charge in [0, 0.05) is 19.0 Å². The third-order valence-electron chi connectivity index (χ3n) is 3.30. The summed E-state index contributed by atoms with van der Waals surface area (Å²) in [6.45, 7) is 7.32. The van der Waals surface area contributed by atoms with Gasteiger partial charge in [-0.1, -0.05) is 20.8 Å². The number of nitrogens with two attached hydrogens (primary N) is 1. The highest BCUT2D eigenvalue weighted by atomic mass is 16.3. The molecule has 0 rings (SSSR count). The van der Waals surface area contributed by atoms with Crippen molar-refractivity contribution in [1.82, 2.24) is 16.0 Å². The van der Waals surface area contributed by atoms with Crippen LogP contribution in [-0.2, 0) is 9.59 Å². The number of hydrogen-bond acceptors (Lipinski definition) is 5. The summed E-state index contributed by atoms with van der Waals surface area (Å²) >= 11 is 0. The van der Waals surface area contributed by atoms with E-state index in [-0.39, 0.29) is 11.8 Å². The molecular formula is C15H30N4O4. The van der Waals surface area contributed by atoms with Crippen molar-refractivity contribution in [2.24, 2.45) is 5.73 Å². The van der Waals surface area contributed by atoms with Crippen molar-refractivity contribution in [1.29, 1.82) is 0 Å². The zero-order valence-electron chi connectivity index (χ0n) is 14.4. The average molecular weight is 330 g/mol. The summed E-state index contributed by atoms with van der Waals surface area (Å²) in [6.07, 6.45) is 0.320. The molecule has 0 fully saturated rings. The molecule has 0 bridgehead atoms. The van der Waals surface area contributed by atoms with Crippen LogP contribution in [-0.4, -0.2) is 53.6 Å². The fourth-order valence-corrected chi connectivity index (χ4v) is 2.13. The maximum absolute atomic E-state index is 12.3. The molecule has 8 heteroatoms. The van der Waals surface area contributed by atoms with Gasteiger partial charge in [-0.15, -0.1) is 0 Å². The van der Waals surface area contributed by atoms with E-state index in [1.165, 1.54) is 6.92 Å². The number of urea groups is 1. The van der Waals surface area contributed by atoms with Crippen LogP contribution in [0.2, 0.25) is 0 Å². The third kappa shape index (κ3) is 9.14. The summed E-state index contributed by atoms with van der Waals surface area (Å²) in [4.78, 5) is 34.9. The average Bonchev–Trinajstić information content (AvgIpc) is 2.46. The summed E-state index contributed by atoms with van der Waals surface area (Å²) in [5.41, 5.74) is 4.97. The highest BCUT2D eigenvalue weighted by molar-refractivity contribution is 5.91. The van der Waals surface area contributed by atoms with E-state index in [1.54, 1.807) is 6.92 Å². The van der Waals surface area contributed by atoms with E-state index in [0.717, 1.165) is 0 Å². The minimum Gasteiger partial charge on any atom is -0.391 e. The van der Waals surface area contributed by atoms with Crippen molar-refractivity contribution in [2.75, 3.05) is 6.54 Å². The zero-order chi connectivity index (χ0) is 18.0. The molecule has 8 nitrogen and oxygen atoms in total. The maximum atomic E-state index is 12.3. The Morgan fingerprint density at radius 2 is 1.78 bits per heavy atom. The molecule has 3 atom stereocenters. The second-order valence-electron chi connectivity index (χ2n) is 5.85. The minimum atomic E-state index is -0.883. The highest BCUT2D eigenvalue weighted by Crippen LogP contribution is 2.04. The van der Waals surface area contributed by atoms with Gasteiger partial charge in [-0.05, 0) is 19.8 Å². The second-order valence-corrected chi connectivity index (χ2v) is 5.85. The molecule has 0 aliphatic heterocycles. The lowest BCUT2D eigenvalue weighted by molar-refractivity contribution is -0.130. The summed E-state index contributed by atoms with van der Waals surface area (Å²) < 4.78 is 0. The predicted molar refractivity (Wildman–Crippen MR) is 87.8 cm³/mol. The van der Waals surface area contributed by atoms with Crippen LogP contribution >= 0.6 is 0 Å². The molecule has 134 valence electrons. The van der Waals surface area contributed by atoms with E-state index in [9.17, 15) is 19.5 Å². The van der Waals surface area contributed by atoms with Crippen molar-refractivity contribution in [3.63, 3.8) is 0 Å². The summed E-state index contributed by atoms with van der Waals surface area (Å²) in [7, 11) is 0. The molecule has 0 radical (unpaired) electrons. The fraction of sp³-hybridized carbons (Fsp3) is 0.800. The van der Waals surface area contributed by atoms with Gasteiger partial charge in [-0.25, -0.2) is 4.79 Å². The van der Waals surface area contributed by atoms with Crippen molar-refractivity contribution in [3.05, 3.63) is 0 Å². The van der Waals surface area contributed by atoms with Crippen LogP contribution in [0.3, 0.4) is 0 Å². The molecule has 0 spiro atoms. The van der Waals surface area contributed by atoms with Crippen LogP contribution in [0, 0.1) is 0 Å². The van der Waals surface area contributed by atoms with E-state index in [2.05, 4.69) is 16.0 Å². The van der Waals surface area contributed by atoms with Crippen molar-refractivity contribution < 1.29 is 19.5 Å². The normalized spacial score (nSPS) is 14.9. The second kappa shape index (κ2) is 11.0. The summed E-state index contributed by atoms with van der Waals surface area (Å²) in [5.74, 6) is -0.505. The Bertz CT molecular complexity index is 399. The van der Waals surface area contributed by atoms with Crippen LogP contribution in [0.15, 0.2) is 0 Å². The van der Waals surface area contributed by atoms with Crippen LogP contribution in [0.4, 0.5) is 4.79 Å². The van der Waals surface area contributed by atoms with Gasteiger partial charge >= 0.3 is 6.03 Å². The number of hydrogen-bond donors (Lipinski definition) is 5. The molecule has 6 N–H and O–H groups in total. The lowest BCUT2D eigenvalue weighted by atomic mass is 10.0. The van der Waals surface area contributed by atoms with Gasteiger partial charge in [-0.2, -0.15) is 0 Å². The Morgan fingerprint density at radius 3 is 2.22 bits per heavy atom. The lowest BCUT2D eigenvalue weighted by Gasteiger charge is -2.26. The molecule has 0 aromatic rings. The first-order valence-electron chi connectivity index (χ1n) is 7.99. The van der Waals surface area contributed by atoms with E-state index in [0.29, 0.717) is 25.8 Å². The standard InChI is InChI=1S/C15H30N4O4/c1-5-12(21)11(7-6-8-17-15(16)23)19-14(22)13(10(4)20)18-9(2)3/h9-11,13,18,20H,5-8H2,1-4H3,(H,19,22)(H3,16,17,23)/t10?,11-,13-/m0/s1. The zero-order valence-corrected chi connectivity index (χ0v) is 14.4. The van der Waals surface area contributed by atoms with Gasteiger partial charge in [0.25, 0.3) is 0 Å². The van der Waals surface area contributed by atoms with Crippen LogP contribution in [0.5, 0.6) is 0 Å². The van der Waals surface area contributed by atoms with Gasteiger partial charge in [0.1, 0.15) is 6.04 Å². The van der Waals surface area contributed by atoms with E-state index < -0.39 is 30.1 Å². The molecule has 1 unspecified atom stereocenters. The Morgan fingerprint density at radius 1 is 1.17 bits per heavy atom.